The molecule has 7 rings (SSSR count). The Morgan fingerprint density at radius 1 is 0.879 bits per heavy atom. The van der Waals surface area contributed by atoms with Gasteiger partial charge in [0, 0.05) is 41.5 Å². The van der Waals surface area contributed by atoms with Gasteiger partial charge in [-0.3, -0.25) is 19.6 Å². The van der Waals surface area contributed by atoms with E-state index in [9.17, 15) is 33.6 Å². The highest BCUT2D eigenvalue weighted by atomic mass is 32.1. The van der Waals surface area contributed by atoms with Crippen molar-refractivity contribution in [3.63, 3.8) is 0 Å². The Hall–Kier alpha value is -6.20. The summed E-state index contributed by atoms with van der Waals surface area (Å²) in [4.78, 5) is 14.0. The number of phenolic OH excluding ortho intramolecular Hbond substituents is 4. The number of halogens is 3. The fraction of sp³-hybridized carbons (Fsp3) is 0.244. The molecule has 0 amide bonds. The van der Waals surface area contributed by atoms with Crippen LogP contribution in [0.2, 0.25) is 0 Å². The van der Waals surface area contributed by atoms with Gasteiger partial charge in [0.25, 0.3) is 0 Å². The van der Waals surface area contributed by atoms with Crippen LogP contribution in [0.25, 0.3) is 39.0 Å². The van der Waals surface area contributed by atoms with Gasteiger partial charge in [-0.15, -0.1) is 0 Å². The van der Waals surface area contributed by atoms with Gasteiger partial charge in [-0.1, -0.05) is 39.9 Å². The lowest BCUT2D eigenvalue weighted by atomic mass is 9.98. The molecule has 0 aliphatic carbocycles. The molecule has 7 aromatic rings. The lowest BCUT2D eigenvalue weighted by Gasteiger charge is -2.27. The first-order valence-electron chi connectivity index (χ1n) is 18.2. The van der Waals surface area contributed by atoms with Crippen molar-refractivity contribution in [3.05, 3.63) is 100 Å². The second-order valence-corrected chi connectivity index (χ2v) is 15.4. The van der Waals surface area contributed by atoms with Crippen LogP contribution in [0.1, 0.15) is 69.0 Å². The molecule has 3 aromatic heterocycles. The van der Waals surface area contributed by atoms with E-state index in [1.165, 1.54) is 28.8 Å². The first kappa shape index (κ1) is 40.0. The van der Waals surface area contributed by atoms with Crippen LogP contribution in [0, 0.1) is 4.77 Å². The van der Waals surface area contributed by atoms with Crippen LogP contribution in [-0.2, 0) is 12.7 Å². The number of H-pyrrole nitrogens is 2. The minimum Gasteiger partial charge on any atom is -0.508 e. The Balaban J connectivity index is 1.33. The van der Waals surface area contributed by atoms with E-state index in [0.29, 0.717) is 27.5 Å². The minimum absolute atomic E-state index is 0.00907. The normalized spacial score (nSPS) is 12.4. The van der Waals surface area contributed by atoms with Gasteiger partial charge < -0.3 is 30.0 Å². The third kappa shape index (κ3) is 7.38. The number of imidazole rings is 1. The molecule has 0 bridgehead atoms. The van der Waals surface area contributed by atoms with Crippen molar-refractivity contribution in [2.75, 3.05) is 11.4 Å². The van der Waals surface area contributed by atoms with Crippen LogP contribution in [0.3, 0.4) is 0 Å². The Morgan fingerprint density at radius 3 is 2.24 bits per heavy atom. The van der Waals surface area contributed by atoms with E-state index in [2.05, 4.69) is 20.2 Å². The maximum absolute atomic E-state index is 14.7. The van der Waals surface area contributed by atoms with E-state index in [1.807, 2.05) is 52.0 Å². The third-order valence-corrected chi connectivity index (χ3v) is 10.3. The van der Waals surface area contributed by atoms with E-state index < -0.39 is 12.0 Å². The first-order valence-corrected chi connectivity index (χ1v) is 19.1. The quantitative estimate of drug-likeness (QED) is 0.0472. The summed E-state index contributed by atoms with van der Waals surface area (Å²) in [6.45, 7) is 8.71. The van der Waals surface area contributed by atoms with Crippen molar-refractivity contribution >= 4 is 62.9 Å². The molecule has 17 heteroatoms. The number of thiocarbonyl (C=S) groups is 1. The van der Waals surface area contributed by atoms with Gasteiger partial charge in [0.15, 0.2) is 10.6 Å². The summed E-state index contributed by atoms with van der Waals surface area (Å²) in [5.41, 5.74) is 3.53. The number of aliphatic imine (C=N–C) groups is 1. The van der Waals surface area contributed by atoms with Gasteiger partial charge >= 0.3 is 6.18 Å². The van der Waals surface area contributed by atoms with E-state index in [4.69, 9.17) is 29.4 Å². The van der Waals surface area contributed by atoms with Crippen molar-refractivity contribution in [1.82, 2.24) is 29.3 Å². The highest BCUT2D eigenvalue weighted by molar-refractivity contribution is 7.80. The van der Waals surface area contributed by atoms with Crippen LogP contribution in [0.15, 0.2) is 77.9 Å². The van der Waals surface area contributed by atoms with E-state index in [0.717, 1.165) is 15.5 Å². The Labute approximate surface area is 340 Å². The predicted molar refractivity (Wildman–Crippen MR) is 224 cm³/mol. The van der Waals surface area contributed by atoms with Crippen molar-refractivity contribution in [3.8, 4) is 40.1 Å². The standard InChI is InChI=1S/C41H39F3N8O4S2/c1-20(2)26-16-28(35(55)18-33(26)53)37(51(22(5)57)24-6-8-30-23(14-24)10-11-45-30)46-12-13-50-32-9-7-25(15-31(32)47-39(50)41(42,43)44)52-38(48-49-40(52)58)29-17-27(21(3)4)34(54)19-36(29)56/h6-11,14-21,45,53-56H,12-13H2,1-5H3,(H,49,58). The average molecular weight is 829 g/mol. The number of aromatic hydroxyl groups is 4. The molecule has 0 saturated carbocycles. The van der Waals surface area contributed by atoms with Gasteiger partial charge in [-0.05, 0) is 96.7 Å². The molecule has 0 radical (unpaired) electrons. The molecule has 0 saturated heterocycles. The summed E-state index contributed by atoms with van der Waals surface area (Å²) in [7, 11) is 0. The topological polar surface area (TPSA) is 164 Å². The van der Waals surface area contributed by atoms with E-state index in [1.54, 1.807) is 36.2 Å². The van der Waals surface area contributed by atoms with Gasteiger partial charge in [0.05, 0.1) is 39.4 Å². The molecule has 6 N–H and O–H groups in total. The maximum atomic E-state index is 14.7. The van der Waals surface area contributed by atoms with Crippen LogP contribution >= 0.6 is 24.4 Å². The highest BCUT2D eigenvalue weighted by Crippen LogP contribution is 2.39. The number of hydrogen-bond donors (Lipinski definition) is 6. The zero-order chi connectivity index (χ0) is 41.8. The first-order chi connectivity index (χ1) is 27.4. The van der Waals surface area contributed by atoms with Crippen LogP contribution < -0.4 is 4.90 Å². The number of aromatic amines is 2. The number of hydrogen-bond acceptors (Lipinski definition) is 9. The zero-order valence-electron chi connectivity index (χ0n) is 31.9. The summed E-state index contributed by atoms with van der Waals surface area (Å²) in [6.07, 6.45) is -3.06. The number of rotatable bonds is 9. The number of nitrogens with one attached hydrogen (secondary N) is 2. The lowest BCUT2D eigenvalue weighted by molar-refractivity contribution is -0.146. The average Bonchev–Trinajstić information content (AvgIpc) is 3.87. The molecule has 0 fully saturated rings. The number of anilines is 1. The maximum Gasteiger partial charge on any atom is 0.449 e. The number of phenols is 4. The van der Waals surface area contributed by atoms with Gasteiger partial charge in [0.1, 0.15) is 28.8 Å². The molecule has 4 aromatic carbocycles. The SMILES string of the molecule is CC(=S)N(C(=NCCn1c(C(F)(F)F)nc2cc(-n3c(-c4cc(C(C)C)c(O)cc4O)n[nH]c3=S)ccc21)c1cc(C(C)C)c(O)cc1O)c1ccc2[nH]ccc2c1. The molecule has 12 nitrogen and oxygen atoms in total. The summed E-state index contributed by atoms with van der Waals surface area (Å²) in [5, 5.41) is 51.0. The van der Waals surface area contributed by atoms with Gasteiger partial charge in [-0.25, -0.2) is 4.98 Å². The van der Waals surface area contributed by atoms with Crippen molar-refractivity contribution < 1.29 is 33.6 Å². The predicted octanol–water partition coefficient (Wildman–Crippen LogP) is 9.82. The van der Waals surface area contributed by atoms with Gasteiger partial charge in [-0.2, -0.15) is 18.3 Å². The largest absolute Gasteiger partial charge is 0.508 e. The van der Waals surface area contributed by atoms with E-state index in [-0.39, 0.29) is 86.5 Å². The summed E-state index contributed by atoms with van der Waals surface area (Å²) < 4.78 is 46.8. The van der Waals surface area contributed by atoms with Crippen molar-refractivity contribution in [2.45, 2.75) is 59.2 Å². The minimum atomic E-state index is -4.85. The smallest absolute Gasteiger partial charge is 0.449 e. The number of nitrogens with zero attached hydrogens (tertiary/aromatic N) is 6. The molecule has 0 spiro atoms. The number of amidine groups is 1. The zero-order valence-corrected chi connectivity index (χ0v) is 33.6. The molecule has 0 aliphatic rings. The molecule has 0 unspecified atom stereocenters. The number of aromatic nitrogens is 6. The number of benzene rings is 4. The highest BCUT2D eigenvalue weighted by Gasteiger charge is 2.38. The van der Waals surface area contributed by atoms with Crippen LogP contribution in [0.5, 0.6) is 23.0 Å². The second kappa shape index (κ2) is 15.3. The molecule has 300 valence electrons. The fourth-order valence-corrected chi connectivity index (χ4v) is 7.48. The monoisotopic (exact) mass is 828 g/mol. The molecule has 58 heavy (non-hydrogen) atoms. The van der Waals surface area contributed by atoms with E-state index >= 15 is 0 Å². The van der Waals surface area contributed by atoms with Crippen molar-refractivity contribution in [1.29, 1.82) is 0 Å². The second-order valence-electron chi connectivity index (χ2n) is 14.4. The Bertz CT molecular complexity index is 2820. The third-order valence-electron chi connectivity index (χ3n) is 9.84. The van der Waals surface area contributed by atoms with Crippen LogP contribution in [-0.4, -0.2) is 67.1 Å². The Morgan fingerprint density at radius 2 is 1.57 bits per heavy atom. The number of alkyl halides is 3. The number of fused-ring (bicyclic) bond motifs is 2. The fourth-order valence-electron chi connectivity index (χ4n) is 7.05. The van der Waals surface area contributed by atoms with Crippen LogP contribution in [0.4, 0.5) is 18.9 Å². The molecule has 3 heterocycles. The van der Waals surface area contributed by atoms with Gasteiger partial charge in [0.2, 0.25) is 5.82 Å². The summed E-state index contributed by atoms with van der Waals surface area (Å²) >= 11 is 11.2. The molecular weight excluding hydrogens is 790 g/mol. The van der Waals surface area contributed by atoms with Crippen molar-refractivity contribution in [2.24, 2.45) is 4.99 Å². The molecule has 0 atom stereocenters. The molecular formula is C41H39F3N8O4S2. The Kier molecular flexibility index (Phi) is 10.5. The molecule has 0 aliphatic heterocycles. The summed E-state index contributed by atoms with van der Waals surface area (Å²) in [6, 6.07) is 17.6. The summed E-state index contributed by atoms with van der Waals surface area (Å²) in [5.74, 6) is -1.82. The lowest BCUT2D eigenvalue weighted by Crippen LogP contribution is -2.35.